The molecule has 1 aliphatic rings. The van der Waals surface area contributed by atoms with Gasteiger partial charge in [0, 0.05) is 24.0 Å². The maximum absolute atomic E-state index is 10.6. The van der Waals surface area contributed by atoms with E-state index in [4.69, 9.17) is 5.11 Å². The molecular weight excluding hydrogens is 258 g/mol. The average Bonchev–Trinajstić information content (AvgIpc) is 2.96. The number of hydrogen-bond donors (Lipinski definition) is 1. The molecule has 0 amide bonds. The molecule has 1 aliphatic heterocycles. The molecule has 1 fully saturated rings. The van der Waals surface area contributed by atoms with Crippen LogP contribution in [0.2, 0.25) is 0 Å². The summed E-state index contributed by atoms with van der Waals surface area (Å²) in [5.74, 6) is 0.663. The number of aliphatic carboxylic acids is 1. The van der Waals surface area contributed by atoms with Crippen molar-refractivity contribution >= 4 is 23.4 Å². The average molecular weight is 279 g/mol. The molecule has 1 aromatic rings. The molecule has 0 saturated carbocycles. The van der Waals surface area contributed by atoms with Gasteiger partial charge in [0.05, 0.1) is 0 Å². The van der Waals surface area contributed by atoms with Crippen LogP contribution in [0.4, 0.5) is 0 Å². The van der Waals surface area contributed by atoms with E-state index in [0.29, 0.717) is 0 Å². The standard InChI is InChI=1S/C15H21NO2S/c1-11(2)13-5-7-16(9-13)10-14-12(6-8-19-14)3-4-15(17)18/h3-4,6,8,11,13H,5,7,9-10H2,1-2H3,(H,17,18)/b4-3+. The quantitative estimate of drug-likeness (QED) is 0.841. The lowest BCUT2D eigenvalue weighted by atomic mass is 9.95. The topological polar surface area (TPSA) is 40.5 Å². The molecule has 19 heavy (non-hydrogen) atoms. The number of carbonyl (C=O) groups is 1. The van der Waals surface area contributed by atoms with Crippen LogP contribution in [0.3, 0.4) is 0 Å². The van der Waals surface area contributed by atoms with E-state index in [0.717, 1.165) is 37.0 Å². The molecule has 2 heterocycles. The van der Waals surface area contributed by atoms with Crippen molar-refractivity contribution in [2.24, 2.45) is 11.8 Å². The highest BCUT2D eigenvalue weighted by molar-refractivity contribution is 7.10. The van der Waals surface area contributed by atoms with E-state index >= 15 is 0 Å². The fraction of sp³-hybridized carbons (Fsp3) is 0.533. The van der Waals surface area contributed by atoms with Crippen LogP contribution in [0.25, 0.3) is 6.08 Å². The van der Waals surface area contributed by atoms with Gasteiger partial charge in [-0.1, -0.05) is 13.8 Å². The molecule has 1 saturated heterocycles. The van der Waals surface area contributed by atoms with Gasteiger partial charge in [-0.15, -0.1) is 11.3 Å². The second kappa shape index (κ2) is 6.35. The lowest BCUT2D eigenvalue weighted by molar-refractivity contribution is -0.131. The molecule has 1 N–H and O–H groups in total. The van der Waals surface area contributed by atoms with Crippen molar-refractivity contribution in [3.8, 4) is 0 Å². The molecule has 0 radical (unpaired) electrons. The molecule has 0 spiro atoms. The SMILES string of the molecule is CC(C)C1CCN(Cc2sccc2/C=C/C(=O)O)C1. The molecule has 2 rings (SSSR count). The first kappa shape index (κ1) is 14.3. The minimum Gasteiger partial charge on any atom is -0.478 e. The number of likely N-dealkylation sites (tertiary alicyclic amines) is 1. The minimum atomic E-state index is -0.891. The molecule has 104 valence electrons. The lowest BCUT2D eigenvalue weighted by Crippen LogP contribution is -2.21. The number of carboxylic acid groups (broad SMARTS) is 1. The number of nitrogens with zero attached hydrogens (tertiary/aromatic N) is 1. The van der Waals surface area contributed by atoms with Crippen LogP contribution in [0.1, 0.15) is 30.7 Å². The van der Waals surface area contributed by atoms with Crippen molar-refractivity contribution in [1.82, 2.24) is 4.90 Å². The minimum absolute atomic E-state index is 0.750. The third-order valence-corrected chi connectivity index (χ3v) is 4.73. The molecule has 3 nitrogen and oxygen atoms in total. The van der Waals surface area contributed by atoms with E-state index in [2.05, 4.69) is 18.7 Å². The highest BCUT2D eigenvalue weighted by Gasteiger charge is 2.25. The van der Waals surface area contributed by atoms with Crippen molar-refractivity contribution < 1.29 is 9.90 Å². The Hall–Kier alpha value is -1.13. The Kier molecular flexibility index (Phi) is 4.77. The summed E-state index contributed by atoms with van der Waals surface area (Å²) in [4.78, 5) is 14.3. The van der Waals surface area contributed by atoms with Crippen LogP contribution >= 0.6 is 11.3 Å². The first-order valence-electron chi connectivity index (χ1n) is 6.76. The Morgan fingerprint density at radius 2 is 2.42 bits per heavy atom. The number of thiophene rings is 1. The first-order valence-corrected chi connectivity index (χ1v) is 7.64. The third-order valence-electron chi connectivity index (χ3n) is 3.80. The molecule has 0 aromatic carbocycles. The monoisotopic (exact) mass is 279 g/mol. The molecule has 1 unspecified atom stereocenters. The zero-order valence-electron chi connectivity index (χ0n) is 11.5. The third kappa shape index (κ3) is 3.91. The van der Waals surface area contributed by atoms with E-state index < -0.39 is 5.97 Å². The van der Waals surface area contributed by atoms with Crippen molar-refractivity contribution in [2.75, 3.05) is 13.1 Å². The fourth-order valence-corrected chi connectivity index (χ4v) is 3.45. The Morgan fingerprint density at radius 1 is 1.63 bits per heavy atom. The summed E-state index contributed by atoms with van der Waals surface area (Å²) >= 11 is 1.71. The number of hydrogen-bond acceptors (Lipinski definition) is 3. The molecule has 0 aliphatic carbocycles. The van der Waals surface area contributed by atoms with Crippen molar-refractivity contribution in [3.05, 3.63) is 28.0 Å². The lowest BCUT2D eigenvalue weighted by Gasteiger charge is -2.17. The number of carboxylic acids is 1. The van der Waals surface area contributed by atoms with Gasteiger partial charge in [0.2, 0.25) is 0 Å². The van der Waals surface area contributed by atoms with Crippen LogP contribution in [-0.4, -0.2) is 29.1 Å². The Morgan fingerprint density at radius 3 is 3.05 bits per heavy atom. The van der Waals surface area contributed by atoms with E-state index in [1.165, 1.54) is 17.4 Å². The van der Waals surface area contributed by atoms with E-state index in [9.17, 15) is 4.79 Å². The van der Waals surface area contributed by atoms with Gasteiger partial charge >= 0.3 is 5.97 Å². The smallest absolute Gasteiger partial charge is 0.328 e. The van der Waals surface area contributed by atoms with Crippen LogP contribution in [0, 0.1) is 11.8 Å². The highest BCUT2D eigenvalue weighted by atomic mass is 32.1. The predicted molar refractivity (Wildman–Crippen MR) is 79.2 cm³/mol. The Bertz CT molecular complexity index is 464. The summed E-state index contributed by atoms with van der Waals surface area (Å²) in [5.41, 5.74) is 1.04. The van der Waals surface area contributed by atoms with Crippen molar-refractivity contribution in [1.29, 1.82) is 0 Å². The fourth-order valence-electron chi connectivity index (χ4n) is 2.54. The molecule has 4 heteroatoms. The van der Waals surface area contributed by atoms with Crippen molar-refractivity contribution in [2.45, 2.75) is 26.8 Å². The summed E-state index contributed by atoms with van der Waals surface area (Å²) in [7, 11) is 0. The Balaban J connectivity index is 1.97. The zero-order chi connectivity index (χ0) is 13.8. The van der Waals surface area contributed by atoms with Gasteiger partial charge in [-0.2, -0.15) is 0 Å². The summed E-state index contributed by atoms with van der Waals surface area (Å²) in [6.07, 6.45) is 4.19. The van der Waals surface area contributed by atoms with Gasteiger partial charge in [-0.05, 0) is 47.9 Å². The summed E-state index contributed by atoms with van der Waals surface area (Å²) in [5, 5.41) is 10.7. The van der Waals surface area contributed by atoms with Gasteiger partial charge in [-0.3, -0.25) is 4.90 Å². The van der Waals surface area contributed by atoms with Crippen LogP contribution in [0.15, 0.2) is 17.5 Å². The summed E-state index contributed by atoms with van der Waals surface area (Å²) < 4.78 is 0. The van der Waals surface area contributed by atoms with Gasteiger partial charge in [0.25, 0.3) is 0 Å². The van der Waals surface area contributed by atoms with Gasteiger partial charge in [-0.25, -0.2) is 4.79 Å². The van der Waals surface area contributed by atoms with Gasteiger partial charge in [0.15, 0.2) is 0 Å². The predicted octanol–water partition coefficient (Wildman–Crippen LogP) is 3.32. The molecule has 1 atom stereocenters. The second-order valence-corrected chi connectivity index (χ2v) is 6.50. The highest BCUT2D eigenvalue weighted by Crippen LogP contribution is 2.27. The van der Waals surface area contributed by atoms with Gasteiger partial charge in [0.1, 0.15) is 0 Å². The summed E-state index contributed by atoms with van der Waals surface area (Å²) in [6, 6.07) is 2.00. The molecule has 0 bridgehead atoms. The van der Waals surface area contributed by atoms with E-state index in [1.54, 1.807) is 17.4 Å². The number of rotatable bonds is 5. The molecular formula is C15H21NO2S. The largest absolute Gasteiger partial charge is 0.478 e. The summed E-state index contributed by atoms with van der Waals surface area (Å²) in [6.45, 7) is 7.85. The normalized spacial score (nSPS) is 20.7. The first-order chi connectivity index (χ1) is 9.06. The Labute approximate surface area is 118 Å². The van der Waals surface area contributed by atoms with Gasteiger partial charge < -0.3 is 5.11 Å². The van der Waals surface area contributed by atoms with Crippen LogP contribution < -0.4 is 0 Å². The molecule has 1 aromatic heterocycles. The van der Waals surface area contributed by atoms with E-state index in [1.807, 2.05) is 11.4 Å². The zero-order valence-corrected chi connectivity index (χ0v) is 12.3. The second-order valence-electron chi connectivity index (χ2n) is 5.50. The maximum Gasteiger partial charge on any atom is 0.328 e. The van der Waals surface area contributed by atoms with Crippen molar-refractivity contribution in [3.63, 3.8) is 0 Å². The van der Waals surface area contributed by atoms with E-state index in [-0.39, 0.29) is 0 Å². The maximum atomic E-state index is 10.6. The van der Waals surface area contributed by atoms with Crippen LogP contribution in [0.5, 0.6) is 0 Å². The van der Waals surface area contributed by atoms with Crippen LogP contribution in [-0.2, 0) is 11.3 Å².